The van der Waals surface area contributed by atoms with Gasteiger partial charge in [-0.2, -0.15) is 5.26 Å². The third-order valence-corrected chi connectivity index (χ3v) is 2.99. The smallest absolute Gasteiger partial charge is 0.303 e. The molecule has 0 radical (unpaired) electrons. The van der Waals surface area contributed by atoms with E-state index in [4.69, 9.17) is 27.3 Å². The zero-order chi connectivity index (χ0) is 13.0. The number of carbonyl (C=O) groups excluding carboxylic acids is 1. The van der Waals surface area contributed by atoms with Gasteiger partial charge < -0.3 is 10.5 Å². The third kappa shape index (κ3) is 3.35. The van der Waals surface area contributed by atoms with Crippen LogP contribution in [-0.2, 0) is 9.53 Å². The van der Waals surface area contributed by atoms with Crippen LogP contribution < -0.4 is 5.73 Å². The molecule has 0 aliphatic heterocycles. The number of carbonyl (C=O) groups is 1. The molecule has 0 amide bonds. The van der Waals surface area contributed by atoms with E-state index in [1.165, 1.54) is 6.92 Å². The van der Waals surface area contributed by atoms with E-state index in [1.54, 1.807) is 12.1 Å². The minimum atomic E-state index is -0.488. The molecule has 0 heterocycles. The van der Waals surface area contributed by atoms with Gasteiger partial charge in [-0.05, 0) is 17.7 Å². The van der Waals surface area contributed by atoms with E-state index in [9.17, 15) is 4.79 Å². The molecule has 2 N–H and O–H groups in total. The Morgan fingerprint density at radius 3 is 2.82 bits per heavy atom. The standard InChI is InChI=1S/C11H10BrClN2O2/c1-6(16)17-10(4-12)7-2-8(5-14)11(15)9(13)3-7/h2-3,10H,4,15H2,1H3/t10-/m0/s1. The first kappa shape index (κ1) is 13.8. The number of esters is 1. The highest BCUT2D eigenvalue weighted by Gasteiger charge is 2.16. The maximum absolute atomic E-state index is 10.9. The highest BCUT2D eigenvalue weighted by molar-refractivity contribution is 9.09. The molecule has 0 saturated carbocycles. The molecule has 0 bridgehead atoms. The Kier molecular flexibility index (Phi) is 4.79. The van der Waals surface area contributed by atoms with Gasteiger partial charge in [0, 0.05) is 12.3 Å². The summed E-state index contributed by atoms with van der Waals surface area (Å²) >= 11 is 9.14. The van der Waals surface area contributed by atoms with Crippen molar-refractivity contribution < 1.29 is 9.53 Å². The van der Waals surface area contributed by atoms with Crippen LogP contribution in [0.1, 0.15) is 24.2 Å². The number of ether oxygens (including phenoxy) is 1. The average Bonchev–Trinajstić information content (AvgIpc) is 2.29. The Morgan fingerprint density at radius 1 is 1.71 bits per heavy atom. The van der Waals surface area contributed by atoms with Gasteiger partial charge in [-0.3, -0.25) is 4.79 Å². The number of hydrogen-bond acceptors (Lipinski definition) is 4. The molecule has 17 heavy (non-hydrogen) atoms. The summed E-state index contributed by atoms with van der Waals surface area (Å²) in [5.74, 6) is -0.402. The van der Waals surface area contributed by atoms with E-state index in [0.717, 1.165) is 0 Å². The van der Waals surface area contributed by atoms with E-state index < -0.39 is 12.1 Å². The fourth-order valence-electron chi connectivity index (χ4n) is 1.31. The van der Waals surface area contributed by atoms with Gasteiger partial charge in [-0.1, -0.05) is 27.5 Å². The number of hydrogen-bond donors (Lipinski definition) is 1. The largest absolute Gasteiger partial charge is 0.457 e. The maximum Gasteiger partial charge on any atom is 0.303 e. The second-order valence-corrected chi connectivity index (χ2v) is 4.38. The number of nitrogen functional groups attached to an aromatic ring is 1. The fourth-order valence-corrected chi connectivity index (χ4v) is 2.04. The van der Waals surface area contributed by atoms with E-state index in [-0.39, 0.29) is 16.3 Å². The van der Waals surface area contributed by atoms with Gasteiger partial charge in [0.2, 0.25) is 0 Å². The van der Waals surface area contributed by atoms with Gasteiger partial charge in [0.05, 0.1) is 16.3 Å². The number of alkyl halides is 1. The molecule has 1 aromatic rings. The number of nitrogens with two attached hydrogens (primary N) is 1. The predicted molar refractivity (Wildman–Crippen MR) is 68.9 cm³/mol. The van der Waals surface area contributed by atoms with Gasteiger partial charge in [0.1, 0.15) is 12.2 Å². The van der Waals surface area contributed by atoms with Crippen molar-refractivity contribution in [2.45, 2.75) is 13.0 Å². The molecule has 0 aliphatic carbocycles. The minimum Gasteiger partial charge on any atom is -0.457 e. The Labute approximate surface area is 112 Å². The van der Waals surface area contributed by atoms with E-state index in [2.05, 4.69) is 15.9 Å². The van der Waals surface area contributed by atoms with Crippen LogP contribution in [-0.4, -0.2) is 11.3 Å². The highest BCUT2D eigenvalue weighted by atomic mass is 79.9. The molecular formula is C11H10BrClN2O2. The van der Waals surface area contributed by atoms with Gasteiger partial charge in [0.25, 0.3) is 0 Å². The second-order valence-electron chi connectivity index (χ2n) is 3.33. The summed E-state index contributed by atoms with van der Waals surface area (Å²) in [6.07, 6.45) is -0.488. The normalized spacial score (nSPS) is 11.6. The van der Waals surface area contributed by atoms with Crippen molar-refractivity contribution in [1.29, 1.82) is 5.26 Å². The maximum atomic E-state index is 10.9. The average molecular weight is 318 g/mol. The van der Waals surface area contributed by atoms with Crippen molar-refractivity contribution in [1.82, 2.24) is 0 Å². The molecule has 1 atom stereocenters. The van der Waals surface area contributed by atoms with Crippen molar-refractivity contribution >= 4 is 39.2 Å². The topological polar surface area (TPSA) is 76.1 Å². The second kappa shape index (κ2) is 5.89. The lowest BCUT2D eigenvalue weighted by Crippen LogP contribution is -2.10. The van der Waals surface area contributed by atoms with Crippen LogP contribution in [0, 0.1) is 11.3 Å². The summed E-state index contributed by atoms with van der Waals surface area (Å²) in [5, 5.41) is 9.59. The molecule has 1 aromatic carbocycles. The van der Waals surface area contributed by atoms with Crippen LogP contribution in [0.4, 0.5) is 5.69 Å². The van der Waals surface area contributed by atoms with E-state index in [0.29, 0.717) is 10.9 Å². The first-order valence-corrected chi connectivity index (χ1v) is 6.21. The fraction of sp³-hybridized carbons (Fsp3) is 0.273. The Morgan fingerprint density at radius 2 is 2.35 bits per heavy atom. The lowest BCUT2D eigenvalue weighted by atomic mass is 10.1. The van der Waals surface area contributed by atoms with Crippen LogP contribution in [0.3, 0.4) is 0 Å². The monoisotopic (exact) mass is 316 g/mol. The van der Waals surface area contributed by atoms with Crippen molar-refractivity contribution in [3.63, 3.8) is 0 Å². The molecule has 90 valence electrons. The summed E-state index contributed by atoms with van der Waals surface area (Å²) < 4.78 is 5.09. The Hall–Kier alpha value is -1.25. The van der Waals surface area contributed by atoms with Crippen molar-refractivity contribution in [2.75, 3.05) is 11.1 Å². The molecular weight excluding hydrogens is 307 g/mol. The predicted octanol–water partition coefficient (Wildman–Crippen LogP) is 2.79. The number of benzene rings is 1. The number of rotatable bonds is 3. The zero-order valence-corrected chi connectivity index (χ0v) is 11.4. The van der Waals surface area contributed by atoms with Gasteiger partial charge in [0.15, 0.2) is 0 Å². The lowest BCUT2D eigenvalue weighted by Gasteiger charge is -2.16. The highest BCUT2D eigenvalue weighted by Crippen LogP contribution is 2.29. The molecule has 0 fully saturated rings. The minimum absolute atomic E-state index is 0.231. The summed E-state index contributed by atoms with van der Waals surface area (Å²) in [5.41, 5.74) is 6.76. The van der Waals surface area contributed by atoms with Crippen LogP contribution in [0.5, 0.6) is 0 Å². The summed E-state index contributed by atoms with van der Waals surface area (Å²) in [6, 6.07) is 5.10. The molecule has 4 nitrogen and oxygen atoms in total. The number of anilines is 1. The van der Waals surface area contributed by atoms with Crippen molar-refractivity contribution in [3.05, 3.63) is 28.3 Å². The number of halogens is 2. The molecule has 0 unspecified atom stereocenters. The Bertz CT molecular complexity index is 485. The number of nitrogens with zero attached hydrogens (tertiary/aromatic N) is 1. The molecule has 0 aromatic heterocycles. The van der Waals surface area contributed by atoms with E-state index in [1.807, 2.05) is 6.07 Å². The summed E-state index contributed by atoms with van der Waals surface area (Å²) in [4.78, 5) is 10.9. The first-order chi connectivity index (χ1) is 7.99. The number of nitriles is 1. The Balaban J connectivity index is 3.17. The van der Waals surface area contributed by atoms with Gasteiger partial charge >= 0.3 is 5.97 Å². The molecule has 0 spiro atoms. The van der Waals surface area contributed by atoms with E-state index >= 15 is 0 Å². The summed E-state index contributed by atoms with van der Waals surface area (Å²) in [7, 11) is 0. The summed E-state index contributed by atoms with van der Waals surface area (Å²) in [6.45, 7) is 1.32. The van der Waals surface area contributed by atoms with Crippen molar-refractivity contribution in [2.24, 2.45) is 0 Å². The molecule has 0 saturated heterocycles. The van der Waals surface area contributed by atoms with Gasteiger partial charge in [-0.25, -0.2) is 0 Å². The van der Waals surface area contributed by atoms with Gasteiger partial charge in [-0.15, -0.1) is 0 Å². The first-order valence-electron chi connectivity index (χ1n) is 4.71. The van der Waals surface area contributed by atoms with Crippen molar-refractivity contribution in [3.8, 4) is 6.07 Å². The molecule has 1 rings (SSSR count). The van der Waals surface area contributed by atoms with Crippen LogP contribution >= 0.6 is 27.5 Å². The van der Waals surface area contributed by atoms with Crippen LogP contribution in [0.25, 0.3) is 0 Å². The lowest BCUT2D eigenvalue weighted by molar-refractivity contribution is -0.145. The molecule has 6 heteroatoms. The molecule has 0 aliphatic rings. The third-order valence-electron chi connectivity index (χ3n) is 2.09. The SMILES string of the molecule is CC(=O)O[C@@H](CBr)c1cc(Cl)c(N)c(C#N)c1. The zero-order valence-electron chi connectivity index (χ0n) is 9.04. The van der Waals surface area contributed by atoms with Crippen LogP contribution in [0.15, 0.2) is 12.1 Å². The van der Waals surface area contributed by atoms with Crippen LogP contribution in [0.2, 0.25) is 5.02 Å². The quantitative estimate of drug-likeness (QED) is 0.528.